The summed E-state index contributed by atoms with van der Waals surface area (Å²) in [5.41, 5.74) is -1.33. The van der Waals surface area contributed by atoms with Crippen molar-refractivity contribution in [3.8, 4) is 0 Å². The van der Waals surface area contributed by atoms with Crippen LogP contribution in [0.15, 0.2) is 0 Å². The minimum Gasteiger partial charge on any atom is -0.465 e. The molecule has 6 heteroatoms. The fourth-order valence-corrected chi connectivity index (χ4v) is 3.46. The molecular weight excluding hydrogens is 288 g/mol. The predicted octanol–water partition coefficient (Wildman–Crippen LogP) is 2.19. The molecular formula is C16H26O6. The van der Waals surface area contributed by atoms with Crippen molar-refractivity contribution >= 4 is 11.9 Å². The molecule has 0 aromatic carbocycles. The molecule has 0 aromatic rings. The number of rotatable bonds is 4. The average molecular weight is 314 g/mol. The maximum Gasteiger partial charge on any atom is 0.323 e. The van der Waals surface area contributed by atoms with Crippen molar-refractivity contribution in [1.82, 2.24) is 0 Å². The Morgan fingerprint density at radius 1 is 1.14 bits per heavy atom. The summed E-state index contributed by atoms with van der Waals surface area (Å²) in [7, 11) is 0. The first-order valence-electron chi connectivity index (χ1n) is 8.14. The number of esters is 2. The van der Waals surface area contributed by atoms with Gasteiger partial charge in [0.15, 0.2) is 11.2 Å². The molecule has 0 aliphatic carbocycles. The molecule has 0 amide bonds. The highest BCUT2D eigenvalue weighted by Crippen LogP contribution is 2.47. The smallest absolute Gasteiger partial charge is 0.323 e. The number of hydrogen-bond donors (Lipinski definition) is 0. The highest BCUT2D eigenvalue weighted by atomic mass is 16.7. The standard InChI is InChI=1S/C16H26O6/c1-4-19-13(17)15(14(18)20-5-2)10-12(3)22-16(11-15)8-6-7-9-21-16/h12H,4-11H2,1-3H3/t12-,16-/m1/s1. The van der Waals surface area contributed by atoms with Crippen LogP contribution >= 0.6 is 0 Å². The number of carbonyl (C=O) groups is 2. The molecule has 2 fully saturated rings. The summed E-state index contributed by atoms with van der Waals surface area (Å²) in [6.07, 6.45) is 2.75. The van der Waals surface area contributed by atoms with Crippen LogP contribution in [0, 0.1) is 5.41 Å². The van der Waals surface area contributed by atoms with Gasteiger partial charge in [0.05, 0.1) is 25.9 Å². The molecule has 0 radical (unpaired) electrons. The van der Waals surface area contributed by atoms with Crippen molar-refractivity contribution in [2.45, 2.75) is 64.8 Å². The zero-order chi connectivity index (χ0) is 16.2. The maximum absolute atomic E-state index is 12.6. The van der Waals surface area contributed by atoms with Gasteiger partial charge in [0.1, 0.15) is 0 Å². The molecule has 6 nitrogen and oxygen atoms in total. The Morgan fingerprint density at radius 3 is 2.27 bits per heavy atom. The van der Waals surface area contributed by atoms with Crippen molar-refractivity contribution in [3.63, 3.8) is 0 Å². The topological polar surface area (TPSA) is 71.1 Å². The summed E-state index contributed by atoms with van der Waals surface area (Å²) in [5, 5.41) is 0. The van der Waals surface area contributed by atoms with Crippen LogP contribution in [-0.4, -0.2) is 43.7 Å². The van der Waals surface area contributed by atoms with Gasteiger partial charge in [-0.05, 0) is 33.6 Å². The third-order valence-electron chi connectivity index (χ3n) is 4.27. The molecule has 126 valence electrons. The summed E-state index contributed by atoms with van der Waals surface area (Å²) < 4.78 is 22.2. The van der Waals surface area contributed by atoms with Gasteiger partial charge in [-0.25, -0.2) is 0 Å². The Morgan fingerprint density at radius 2 is 1.77 bits per heavy atom. The van der Waals surface area contributed by atoms with Gasteiger partial charge >= 0.3 is 11.9 Å². The molecule has 2 aliphatic rings. The van der Waals surface area contributed by atoms with Crippen LogP contribution in [0.25, 0.3) is 0 Å². The highest BCUT2D eigenvalue weighted by molar-refractivity contribution is 6.00. The number of carbonyl (C=O) groups excluding carboxylic acids is 2. The molecule has 0 saturated carbocycles. The van der Waals surface area contributed by atoms with Crippen LogP contribution in [0.4, 0.5) is 0 Å². The summed E-state index contributed by atoms with van der Waals surface area (Å²) in [5.74, 6) is -1.94. The van der Waals surface area contributed by atoms with Crippen LogP contribution in [0.2, 0.25) is 0 Å². The Kier molecular flexibility index (Phi) is 5.45. The molecule has 0 aromatic heterocycles. The van der Waals surface area contributed by atoms with Gasteiger partial charge in [0, 0.05) is 19.3 Å². The second-order valence-corrected chi connectivity index (χ2v) is 6.05. The van der Waals surface area contributed by atoms with E-state index in [1.54, 1.807) is 13.8 Å². The van der Waals surface area contributed by atoms with Crippen LogP contribution < -0.4 is 0 Å². The lowest BCUT2D eigenvalue weighted by Gasteiger charge is -2.48. The first-order valence-corrected chi connectivity index (χ1v) is 8.14. The second-order valence-electron chi connectivity index (χ2n) is 6.05. The normalized spacial score (nSPS) is 30.8. The molecule has 2 saturated heterocycles. The Balaban J connectivity index is 2.33. The van der Waals surface area contributed by atoms with E-state index in [1.807, 2.05) is 6.92 Å². The van der Waals surface area contributed by atoms with E-state index in [-0.39, 0.29) is 32.2 Å². The predicted molar refractivity (Wildman–Crippen MR) is 78.0 cm³/mol. The zero-order valence-corrected chi connectivity index (χ0v) is 13.7. The second kappa shape index (κ2) is 6.96. The molecule has 0 unspecified atom stereocenters. The Bertz CT molecular complexity index is 395. The van der Waals surface area contributed by atoms with E-state index in [0.717, 1.165) is 12.8 Å². The van der Waals surface area contributed by atoms with E-state index in [0.29, 0.717) is 13.0 Å². The molecule has 0 N–H and O–H groups in total. The zero-order valence-electron chi connectivity index (χ0n) is 13.7. The van der Waals surface area contributed by atoms with Crippen molar-refractivity contribution in [3.05, 3.63) is 0 Å². The van der Waals surface area contributed by atoms with Crippen LogP contribution in [0.3, 0.4) is 0 Å². The van der Waals surface area contributed by atoms with E-state index >= 15 is 0 Å². The largest absolute Gasteiger partial charge is 0.465 e. The molecule has 2 atom stereocenters. The third-order valence-corrected chi connectivity index (χ3v) is 4.27. The molecule has 1 spiro atoms. The summed E-state index contributed by atoms with van der Waals surface area (Å²) in [6.45, 7) is 6.34. The summed E-state index contributed by atoms with van der Waals surface area (Å²) in [6, 6.07) is 0. The molecule has 2 rings (SSSR count). The molecule has 2 heterocycles. The van der Waals surface area contributed by atoms with E-state index in [1.165, 1.54) is 0 Å². The van der Waals surface area contributed by atoms with Gasteiger partial charge in [-0.2, -0.15) is 0 Å². The Labute approximate surface area is 131 Å². The quantitative estimate of drug-likeness (QED) is 0.585. The average Bonchev–Trinajstić information content (AvgIpc) is 2.47. The number of hydrogen-bond acceptors (Lipinski definition) is 6. The van der Waals surface area contributed by atoms with Crippen molar-refractivity contribution < 1.29 is 28.5 Å². The first kappa shape index (κ1) is 17.2. The van der Waals surface area contributed by atoms with Gasteiger partial charge in [-0.15, -0.1) is 0 Å². The van der Waals surface area contributed by atoms with E-state index in [2.05, 4.69) is 0 Å². The van der Waals surface area contributed by atoms with Crippen LogP contribution in [0.5, 0.6) is 0 Å². The minimum atomic E-state index is -1.33. The van der Waals surface area contributed by atoms with Crippen LogP contribution in [0.1, 0.15) is 52.9 Å². The van der Waals surface area contributed by atoms with Gasteiger partial charge in [0.2, 0.25) is 0 Å². The van der Waals surface area contributed by atoms with Crippen molar-refractivity contribution in [1.29, 1.82) is 0 Å². The summed E-state index contributed by atoms with van der Waals surface area (Å²) in [4.78, 5) is 25.1. The molecule has 0 bridgehead atoms. The van der Waals surface area contributed by atoms with Crippen molar-refractivity contribution in [2.75, 3.05) is 19.8 Å². The van der Waals surface area contributed by atoms with E-state index in [9.17, 15) is 9.59 Å². The number of ether oxygens (including phenoxy) is 4. The van der Waals surface area contributed by atoms with Gasteiger partial charge < -0.3 is 18.9 Å². The molecule has 22 heavy (non-hydrogen) atoms. The SMILES string of the molecule is CCOC(=O)C1(C(=O)OCC)C[C@@H](C)O[C@]2(CCCCO2)C1. The summed E-state index contributed by atoms with van der Waals surface area (Å²) >= 11 is 0. The fourth-order valence-electron chi connectivity index (χ4n) is 3.46. The molecule has 2 aliphatic heterocycles. The van der Waals surface area contributed by atoms with Crippen LogP contribution in [-0.2, 0) is 28.5 Å². The van der Waals surface area contributed by atoms with Gasteiger partial charge in [-0.1, -0.05) is 0 Å². The lowest BCUT2D eigenvalue weighted by atomic mass is 9.73. The first-order chi connectivity index (χ1) is 10.5. The van der Waals surface area contributed by atoms with Crippen molar-refractivity contribution in [2.24, 2.45) is 5.41 Å². The third kappa shape index (κ3) is 3.27. The lowest BCUT2D eigenvalue weighted by Crippen LogP contribution is -2.57. The van der Waals surface area contributed by atoms with E-state index in [4.69, 9.17) is 18.9 Å². The van der Waals surface area contributed by atoms with E-state index < -0.39 is 23.1 Å². The lowest BCUT2D eigenvalue weighted by molar-refractivity contribution is -0.311. The highest BCUT2D eigenvalue weighted by Gasteiger charge is 2.59. The van der Waals surface area contributed by atoms with Gasteiger partial charge in [-0.3, -0.25) is 9.59 Å². The minimum absolute atomic E-state index is 0.169. The maximum atomic E-state index is 12.6. The monoisotopic (exact) mass is 314 g/mol. The fraction of sp³-hybridized carbons (Fsp3) is 0.875. The Hall–Kier alpha value is -1.14. The van der Waals surface area contributed by atoms with Gasteiger partial charge in [0.25, 0.3) is 0 Å².